The lowest BCUT2D eigenvalue weighted by molar-refractivity contribution is 0.830. The van der Waals surface area contributed by atoms with Crippen LogP contribution in [0.25, 0.3) is 6.08 Å². The number of hydrogen-bond acceptors (Lipinski definition) is 1. The molecule has 26 heavy (non-hydrogen) atoms. The van der Waals surface area contributed by atoms with Gasteiger partial charge in [-0.2, -0.15) is 0 Å². The molecule has 1 saturated heterocycles. The lowest BCUT2D eigenvalue weighted by Gasteiger charge is -2.23. The van der Waals surface area contributed by atoms with Crippen molar-refractivity contribution in [2.75, 3.05) is 11.4 Å². The fourth-order valence-electron chi connectivity index (χ4n) is 3.76. The molecule has 0 amide bonds. The van der Waals surface area contributed by atoms with Gasteiger partial charge in [-0.1, -0.05) is 77.9 Å². The summed E-state index contributed by atoms with van der Waals surface area (Å²) in [5, 5.41) is 0. The number of allylic oxidation sites excluding steroid dienone is 1. The molecule has 1 aliphatic heterocycles. The molecule has 0 spiro atoms. The number of hydrogen-bond donors (Lipinski definition) is 0. The largest absolute Gasteiger partial charge is 0.344 e. The van der Waals surface area contributed by atoms with Gasteiger partial charge >= 0.3 is 0 Å². The molecule has 3 aromatic rings. The van der Waals surface area contributed by atoms with E-state index in [-0.39, 0.29) is 0 Å². The minimum atomic E-state index is 0.443. The summed E-state index contributed by atoms with van der Waals surface area (Å²) in [7, 11) is 0. The highest BCUT2D eigenvalue weighted by molar-refractivity contribution is 5.66. The lowest BCUT2D eigenvalue weighted by Crippen LogP contribution is -2.17. The second-order valence-corrected chi connectivity index (χ2v) is 7.22. The van der Waals surface area contributed by atoms with Gasteiger partial charge in [-0.15, -0.1) is 0 Å². The molecular formula is C25H25N. The van der Waals surface area contributed by atoms with Gasteiger partial charge in [0.05, 0.1) is 0 Å². The summed E-state index contributed by atoms with van der Waals surface area (Å²) < 4.78 is 0. The first-order valence-corrected chi connectivity index (χ1v) is 9.38. The Hall–Kier alpha value is -2.80. The van der Waals surface area contributed by atoms with Crippen molar-refractivity contribution in [2.24, 2.45) is 0 Å². The van der Waals surface area contributed by atoms with Gasteiger partial charge in [0.1, 0.15) is 0 Å². The van der Waals surface area contributed by atoms with E-state index in [9.17, 15) is 0 Å². The normalized spacial score (nSPS) is 18.5. The van der Waals surface area contributed by atoms with E-state index in [0.717, 1.165) is 13.0 Å². The average molecular weight is 339 g/mol. The van der Waals surface area contributed by atoms with Gasteiger partial charge in [0.25, 0.3) is 0 Å². The minimum absolute atomic E-state index is 0.443. The van der Waals surface area contributed by atoms with E-state index >= 15 is 0 Å². The van der Waals surface area contributed by atoms with Crippen molar-refractivity contribution >= 4 is 11.8 Å². The van der Waals surface area contributed by atoms with Crippen LogP contribution in [0, 0.1) is 13.8 Å². The summed E-state index contributed by atoms with van der Waals surface area (Å²) in [5.41, 5.74) is 7.95. The van der Waals surface area contributed by atoms with Crippen LogP contribution in [0.5, 0.6) is 0 Å². The fourth-order valence-corrected chi connectivity index (χ4v) is 3.76. The van der Waals surface area contributed by atoms with Crippen molar-refractivity contribution in [2.45, 2.75) is 26.2 Å². The molecule has 1 fully saturated rings. The molecule has 1 heteroatoms. The molecule has 130 valence electrons. The molecule has 1 atom stereocenters. The highest BCUT2D eigenvalue weighted by Gasteiger charge is 2.29. The predicted octanol–water partition coefficient (Wildman–Crippen LogP) is 6.34. The molecule has 4 rings (SSSR count). The molecule has 1 unspecified atom stereocenters. The molecule has 0 N–H and O–H groups in total. The Labute approximate surface area is 156 Å². The third-order valence-electron chi connectivity index (χ3n) is 5.25. The molecule has 1 heterocycles. The number of anilines is 1. The molecule has 3 aromatic carbocycles. The number of rotatable bonds is 3. The van der Waals surface area contributed by atoms with Crippen molar-refractivity contribution in [1.82, 2.24) is 0 Å². The third-order valence-corrected chi connectivity index (χ3v) is 5.25. The van der Waals surface area contributed by atoms with Crippen molar-refractivity contribution in [1.29, 1.82) is 0 Å². The van der Waals surface area contributed by atoms with E-state index in [0.29, 0.717) is 5.92 Å². The highest BCUT2D eigenvalue weighted by atomic mass is 15.2. The van der Waals surface area contributed by atoms with Gasteiger partial charge < -0.3 is 4.90 Å². The minimum Gasteiger partial charge on any atom is -0.344 e. The van der Waals surface area contributed by atoms with Gasteiger partial charge in [0.15, 0.2) is 0 Å². The maximum absolute atomic E-state index is 2.48. The molecular weight excluding hydrogens is 314 g/mol. The topological polar surface area (TPSA) is 3.24 Å². The molecule has 1 aliphatic rings. The van der Waals surface area contributed by atoms with Gasteiger partial charge in [-0.3, -0.25) is 0 Å². The SMILES string of the molecule is Cc1ccc(/C=C2\C(c3ccccc3)CCN2c2ccc(C)cc2)cc1. The third kappa shape index (κ3) is 3.43. The fraction of sp³-hybridized carbons (Fsp3) is 0.200. The first kappa shape index (κ1) is 16.7. The van der Waals surface area contributed by atoms with Crippen LogP contribution in [0.1, 0.15) is 34.6 Å². The Balaban J connectivity index is 1.76. The molecule has 0 aliphatic carbocycles. The predicted molar refractivity (Wildman–Crippen MR) is 111 cm³/mol. The monoisotopic (exact) mass is 339 g/mol. The van der Waals surface area contributed by atoms with Crippen LogP contribution < -0.4 is 4.90 Å². The quantitative estimate of drug-likeness (QED) is 0.538. The highest BCUT2D eigenvalue weighted by Crippen LogP contribution is 2.40. The van der Waals surface area contributed by atoms with Crippen molar-refractivity contribution in [3.63, 3.8) is 0 Å². The maximum Gasteiger partial charge on any atom is 0.0408 e. The Morgan fingerprint density at radius 2 is 1.38 bits per heavy atom. The van der Waals surface area contributed by atoms with Crippen LogP contribution in [0.15, 0.2) is 84.6 Å². The van der Waals surface area contributed by atoms with Crippen LogP contribution >= 0.6 is 0 Å². The summed E-state index contributed by atoms with van der Waals surface area (Å²) in [6.07, 6.45) is 3.51. The first-order valence-electron chi connectivity index (χ1n) is 9.38. The van der Waals surface area contributed by atoms with E-state index in [1.807, 2.05) is 0 Å². The molecule has 0 saturated carbocycles. The zero-order valence-corrected chi connectivity index (χ0v) is 15.5. The van der Waals surface area contributed by atoms with E-state index in [1.165, 1.54) is 33.6 Å². The second-order valence-electron chi connectivity index (χ2n) is 7.22. The van der Waals surface area contributed by atoms with E-state index in [2.05, 4.69) is 104 Å². The van der Waals surface area contributed by atoms with E-state index in [1.54, 1.807) is 0 Å². The van der Waals surface area contributed by atoms with E-state index in [4.69, 9.17) is 0 Å². The van der Waals surface area contributed by atoms with Crippen LogP contribution in [0.4, 0.5) is 5.69 Å². The molecule has 0 bridgehead atoms. The summed E-state index contributed by atoms with van der Waals surface area (Å²) in [4.78, 5) is 2.48. The van der Waals surface area contributed by atoms with E-state index < -0.39 is 0 Å². The Morgan fingerprint density at radius 1 is 0.769 bits per heavy atom. The Kier molecular flexibility index (Phi) is 4.62. The van der Waals surface area contributed by atoms with Crippen LogP contribution in [-0.2, 0) is 0 Å². The van der Waals surface area contributed by atoms with Crippen LogP contribution in [0.2, 0.25) is 0 Å². The number of nitrogens with zero attached hydrogens (tertiary/aromatic N) is 1. The smallest absolute Gasteiger partial charge is 0.0408 e. The van der Waals surface area contributed by atoms with Gasteiger partial charge in [0, 0.05) is 23.8 Å². The summed E-state index contributed by atoms with van der Waals surface area (Å²) in [5.74, 6) is 0.443. The number of benzene rings is 3. The van der Waals surface area contributed by atoms with Crippen LogP contribution in [-0.4, -0.2) is 6.54 Å². The van der Waals surface area contributed by atoms with Gasteiger partial charge in [-0.25, -0.2) is 0 Å². The van der Waals surface area contributed by atoms with Crippen molar-refractivity contribution in [3.05, 3.63) is 107 Å². The van der Waals surface area contributed by atoms with Gasteiger partial charge in [-0.05, 0) is 49.6 Å². The zero-order valence-electron chi connectivity index (χ0n) is 15.5. The zero-order chi connectivity index (χ0) is 17.9. The summed E-state index contributed by atoms with van der Waals surface area (Å²) in [6, 6.07) is 28.6. The maximum atomic E-state index is 2.48. The van der Waals surface area contributed by atoms with Crippen LogP contribution in [0.3, 0.4) is 0 Å². The molecule has 0 radical (unpaired) electrons. The lowest BCUT2D eigenvalue weighted by atomic mass is 9.94. The van der Waals surface area contributed by atoms with Gasteiger partial charge in [0.2, 0.25) is 0 Å². The summed E-state index contributed by atoms with van der Waals surface area (Å²) in [6.45, 7) is 5.34. The standard InChI is InChI=1S/C25H25N/c1-19-8-12-21(13-9-19)18-25-24(22-6-4-3-5-7-22)16-17-26(25)23-14-10-20(2)11-15-23/h3-15,18,24H,16-17H2,1-2H3/b25-18+. The van der Waals surface area contributed by atoms with Crippen molar-refractivity contribution in [3.8, 4) is 0 Å². The Bertz CT molecular complexity index is 889. The number of aryl methyl sites for hydroxylation is 2. The molecule has 0 aromatic heterocycles. The van der Waals surface area contributed by atoms with Crippen molar-refractivity contribution < 1.29 is 0 Å². The summed E-state index contributed by atoms with van der Waals surface area (Å²) >= 11 is 0. The Morgan fingerprint density at radius 3 is 2.04 bits per heavy atom. The second kappa shape index (κ2) is 7.21. The molecule has 1 nitrogen and oxygen atoms in total. The average Bonchev–Trinajstić information content (AvgIpc) is 3.08. The first-order chi connectivity index (χ1) is 12.7.